The molecule has 0 nitrogen and oxygen atoms in total. The van der Waals surface area contributed by atoms with E-state index in [9.17, 15) is 0 Å². The SMILES string of the molecule is C=C(C)CC.CC.Cc1cccc2ccccc12. The molecule has 0 aliphatic carbocycles. The maximum Gasteiger partial charge on any atom is -0.0155 e. The number of benzene rings is 2. The number of hydrogen-bond acceptors (Lipinski definition) is 0. The van der Waals surface area contributed by atoms with E-state index in [1.807, 2.05) is 20.8 Å². The zero-order chi connectivity index (χ0) is 14.0. The van der Waals surface area contributed by atoms with E-state index in [1.165, 1.54) is 21.9 Å². The Morgan fingerprint density at radius 2 is 1.50 bits per heavy atom. The van der Waals surface area contributed by atoms with E-state index in [2.05, 4.69) is 62.9 Å². The molecule has 0 atom stereocenters. The molecule has 0 bridgehead atoms. The molecule has 0 saturated carbocycles. The van der Waals surface area contributed by atoms with Crippen molar-refractivity contribution in [1.82, 2.24) is 0 Å². The number of allylic oxidation sites excluding steroid dienone is 1. The first-order valence-corrected chi connectivity index (χ1v) is 6.74. The van der Waals surface area contributed by atoms with Crippen LogP contribution in [0.25, 0.3) is 10.8 Å². The van der Waals surface area contributed by atoms with E-state index < -0.39 is 0 Å². The second-order valence-electron chi connectivity index (χ2n) is 4.11. The second-order valence-corrected chi connectivity index (χ2v) is 4.11. The lowest BCUT2D eigenvalue weighted by Gasteiger charge is -1.98. The average molecular weight is 242 g/mol. The molecule has 2 rings (SSSR count). The summed E-state index contributed by atoms with van der Waals surface area (Å²) in [5, 5.41) is 2.68. The van der Waals surface area contributed by atoms with Crippen LogP contribution in [0.15, 0.2) is 54.6 Å². The fraction of sp³-hybridized carbons (Fsp3) is 0.333. The van der Waals surface area contributed by atoms with Gasteiger partial charge in [-0.2, -0.15) is 0 Å². The van der Waals surface area contributed by atoms with Crippen molar-refractivity contribution in [3.05, 3.63) is 60.2 Å². The summed E-state index contributed by atoms with van der Waals surface area (Å²) >= 11 is 0. The second kappa shape index (κ2) is 9.47. The fourth-order valence-corrected chi connectivity index (χ4v) is 1.39. The minimum Gasteiger partial charge on any atom is -0.100 e. The van der Waals surface area contributed by atoms with Crippen molar-refractivity contribution >= 4 is 10.8 Å². The van der Waals surface area contributed by atoms with Gasteiger partial charge in [0.1, 0.15) is 0 Å². The van der Waals surface area contributed by atoms with E-state index in [0.717, 1.165) is 6.42 Å². The van der Waals surface area contributed by atoms with Crippen molar-refractivity contribution in [2.24, 2.45) is 0 Å². The lowest BCUT2D eigenvalue weighted by Crippen LogP contribution is -1.75. The van der Waals surface area contributed by atoms with Crippen LogP contribution >= 0.6 is 0 Å². The smallest absolute Gasteiger partial charge is 0.0155 e. The molecule has 0 radical (unpaired) electrons. The quantitative estimate of drug-likeness (QED) is 0.526. The first kappa shape index (κ1) is 16.4. The molecular formula is C18H26. The van der Waals surface area contributed by atoms with Gasteiger partial charge in [0, 0.05) is 0 Å². The summed E-state index contributed by atoms with van der Waals surface area (Å²) in [6.07, 6.45) is 1.11. The van der Waals surface area contributed by atoms with Crippen LogP contribution in [0.2, 0.25) is 0 Å². The molecule has 0 heterocycles. The third kappa shape index (κ3) is 5.67. The molecule has 0 saturated heterocycles. The Balaban J connectivity index is 0.000000354. The summed E-state index contributed by atoms with van der Waals surface area (Å²) in [7, 11) is 0. The summed E-state index contributed by atoms with van der Waals surface area (Å²) in [4.78, 5) is 0. The fourth-order valence-electron chi connectivity index (χ4n) is 1.39. The first-order chi connectivity index (χ1) is 8.65. The summed E-state index contributed by atoms with van der Waals surface area (Å²) in [6.45, 7) is 13.9. The number of aryl methyl sites for hydroxylation is 1. The Hall–Kier alpha value is -1.56. The average Bonchev–Trinajstić information content (AvgIpc) is 2.42. The van der Waals surface area contributed by atoms with Gasteiger partial charge in [-0.25, -0.2) is 0 Å². The third-order valence-electron chi connectivity index (χ3n) is 2.61. The highest BCUT2D eigenvalue weighted by Crippen LogP contribution is 2.16. The highest BCUT2D eigenvalue weighted by atomic mass is 14.0. The molecule has 0 aliphatic rings. The van der Waals surface area contributed by atoms with Crippen LogP contribution < -0.4 is 0 Å². The van der Waals surface area contributed by atoms with Gasteiger partial charge in [-0.3, -0.25) is 0 Å². The molecule has 0 spiro atoms. The lowest BCUT2D eigenvalue weighted by atomic mass is 10.1. The zero-order valence-electron chi connectivity index (χ0n) is 12.5. The number of fused-ring (bicyclic) bond motifs is 1. The molecule has 0 aromatic heterocycles. The molecule has 0 aliphatic heterocycles. The van der Waals surface area contributed by atoms with Crippen molar-refractivity contribution < 1.29 is 0 Å². The van der Waals surface area contributed by atoms with Crippen molar-refractivity contribution in [2.45, 2.75) is 41.0 Å². The molecule has 0 fully saturated rings. The van der Waals surface area contributed by atoms with Crippen LogP contribution in [0.4, 0.5) is 0 Å². The molecule has 0 amide bonds. The number of hydrogen-bond donors (Lipinski definition) is 0. The van der Waals surface area contributed by atoms with Crippen molar-refractivity contribution in [1.29, 1.82) is 0 Å². The molecule has 18 heavy (non-hydrogen) atoms. The van der Waals surface area contributed by atoms with Gasteiger partial charge in [0.05, 0.1) is 0 Å². The van der Waals surface area contributed by atoms with Crippen LogP contribution in [0.3, 0.4) is 0 Å². The molecule has 0 unspecified atom stereocenters. The Bertz CT molecular complexity index is 461. The molecule has 0 heteroatoms. The zero-order valence-corrected chi connectivity index (χ0v) is 12.5. The van der Waals surface area contributed by atoms with Crippen LogP contribution in [-0.2, 0) is 0 Å². The minimum atomic E-state index is 1.11. The van der Waals surface area contributed by atoms with Crippen LogP contribution in [-0.4, -0.2) is 0 Å². The number of rotatable bonds is 1. The van der Waals surface area contributed by atoms with Crippen LogP contribution in [0.5, 0.6) is 0 Å². The van der Waals surface area contributed by atoms with Gasteiger partial charge in [-0.05, 0) is 36.6 Å². The van der Waals surface area contributed by atoms with Gasteiger partial charge in [-0.15, -0.1) is 6.58 Å². The van der Waals surface area contributed by atoms with Crippen LogP contribution in [0.1, 0.15) is 39.7 Å². The predicted molar refractivity (Wildman–Crippen MR) is 85.1 cm³/mol. The monoisotopic (exact) mass is 242 g/mol. The molecule has 2 aromatic rings. The van der Waals surface area contributed by atoms with Crippen molar-refractivity contribution in [3.8, 4) is 0 Å². The van der Waals surface area contributed by atoms with Gasteiger partial charge in [0.15, 0.2) is 0 Å². The van der Waals surface area contributed by atoms with Gasteiger partial charge >= 0.3 is 0 Å². The third-order valence-corrected chi connectivity index (χ3v) is 2.61. The maximum atomic E-state index is 3.67. The van der Waals surface area contributed by atoms with E-state index in [4.69, 9.17) is 0 Å². The van der Waals surface area contributed by atoms with E-state index in [-0.39, 0.29) is 0 Å². The molecular weight excluding hydrogens is 216 g/mol. The summed E-state index contributed by atoms with van der Waals surface area (Å²) < 4.78 is 0. The van der Waals surface area contributed by atoms with E-state index in [0.29, 0.717) is 0 Å². The topological polar surface area (TPSA) is 0 Å². The Labute approximate surface area is 112 Å². The standard InChI is InChI=1S/C11H10.C5H10.C2H6/c1-9-5-4-7-10-6-2-3-8-11(9)10;1-4-5(2)3;1-2/h2-8H,1H3;2,4H2,1,3H3;1-2H3. The predicted octanol–water partition coefficient (Wildman–Crippen LogP) is 6.15. The minimum absolute atomic E-state index is 1.11. The Morgan fingerprint density at radius 3 is 2.00 bits per heavy atom. The highest BCUT2D eigenvalue weighted by Gasteiger charge is 1.92. The summed E-state index contributed by atoms with van der Waals surface area (Å²) in [5.74, 6) is 0. The Kier molecular flexibility index (Phi) is 8.65. The lowest BCUT2D eigenvalue weighted by molar-refractivity contribution is 1.11. The first-order valence-electron chi connectivity index (χ1n) is 6.74. The van der Waals surface area contributed by atoms with Crippen LogP contribution in [0, 0.1) is 6.92 Å². The van der Waals surface area contributed by atoms with Crippen molar-refractivity contribution in [3.63, 3.8) is 0 Å². The largest absolute Gasteiger partial charge is 0.100 e. The van der Waals surface area contributed by atoms with E-state index in [1.54, 1.807) is 0 Å². The van der Waals surface area contributed by atoms with Gasteiger partial charge in [-0.1, -0.05) is 68.8 Å². The van der Waals surface area contributed by atoms with Gasteiger partial charge in [0.2, 0.25) is 0 Å². The summed E-state index contributed by atoms with van der Waals surface area (Å²) in [5.41, 5.74) is 2.60. The Morgan fingerprint density at radius 1 is 1.00 bits per heavy atom. The maximum absolute atomic E-state index is 3.67. The summed E-state index contributed by atoms with van der Waals surface area (Å²) in [6, 6.07) is 14.8. The molecule has 0 N–H and O–H groups in total. The molecule has 98 valence electrons. The highest BCUT2D eigenvalue weighted by molar-refractivity contribution is 5.85. The van der Waals surface area contributed by atoms with E-state index >= 15 is 0 Å². The van der Waals surface area contributed by atoms with Gasteiger partial charge in [0.25, 0.3) is 0 Å². The van der Waals surface area contributed by atoms with Crippen molar-refractivity contribution in [2.75, 3.05) is 0 Å². The van der Waals surface area contributed by atoms with Gasteiger partial charge < -0.3 is 0 Å². The normalized spacial score (nSPS) is 8.72. The molecule has 2 aromatic carbocycles.